The summed E-state index contributed by atoms with van der Waals surface area (Å²) in [6.45, 7) is 1.35. The Balaban J connectivity index is 1.62. The number of aliphatic hydroxyl groups is 1. The summed E-state index contributed by atoms with van der Waals surface area (Å²) < 4.78 is 0. The van der Waals surface area contributed by atoms with Crippen molar-refractivity contribution in [3.63, 3.8) is 0 Å². The average Bonchev–Trinajstić information content (AvgIpc) is 3.02. The summed E-state index contributed by atoms with van der Waals surface area (Å²) in [5, 5.41) is 13.1. The third-order valence-corrected chi connectivity index (χ3v) is 4.94. The molecule has 0 saturated heterocycles. The van der Waals surface area contributed by atoms with Crippen molar-refractivity contribution in [2.75, 3.05) is 13.2 Å². The average molecular weight is 260 g/mol. The van der Waals surface area contributed by atoms with E-state index in [0.717, 1.165) is 13.0 Å². The van der Waals surface area contributed by atoms with Gasteiger partial charge in [0.15, 0.2) is 0 Å². The lowest BCUT2D eigenvalue weighted by Crippen LogP contribution is -2.29. The van der Waals surface area contributed by atoms with E-state index < -0.39 is 0 Å². The molecule has 4 N–H and O–H groups in total. The van der Waals surface area contributed by atoms with E-state index in [4.69, 9.17) is 5.73 Å². The normalized spacial score (nSPS) is 33.6. The lowest BCUT2D eigenvalue weighted by molar-refractivity contribution is 0.190. The first-order valence-electron chi connectivity index (χ1n) is 7.48. The van der Waals surface area contributed by atoms with E-state index in [-0.39, 0.29) is 6.04 Å². The molecule has 1 aromatic rings. The molecule has 0 bridgehead atoms. The molecule has 3 heteroatoms. The zero-order valence-electron chi connectivity index (χ0n) is 11.4. The minimum Gasteiger partial charge on any atom is -0.396 e. The molecular weight excluding hydrogens is 236 g/mol. The fourth-order valence-corrected chi connectivity index (χ4v) is 3.78. The van der Waals surface area contributed by atoms with Crippen molar-refractivity contribution in [3.05, 3.63) is 35.4 Å². The van der Waals surface area contributed by atoms with Gasteiger partial charge in [0.25, 0.3) is 0 Å². The Labute approximate surface area is 115 Å². The highest BCUT2D eigenvalue weighted by Crippen LogP contribution is 2.38. The van der Waals surface area contributed by atoms with Gasteiger partial charge in [-0.15, -0.1) is 0 Å². The third-order valence-electron chi connectivity index (χ3n) is 4.94. The Hall–Kier alpha value is -0.900. The molecule has 1 fully saturated rings. The van der Waals surface area contributed by atoms with Crippen molar-refractivity contribution in [1.29, 1.82) is 0 Å². The van der Waals surface area contributed by atoms with Crippen LogP contribution in [-0.4, -0.2) is 18.3 Å². The van der Waals surface area contributed by atoms with E-state index in [9.17, 15) is 5.11 Å². The summed E-state index contributed by atoms with van der Waals surface area (Å²) in [6, 6.07) is 9.07. The predicted molar refractivity (Wildman–Crippen MR) is 76.6 cm³/mol. The van der Waals surface area contributed by atoms with Gasteiger partial charge in [0.1, 0.15) is 0 Å². The molecule has 0 heterocycles. The highest BCUT2D eigenvalue weighted by molar-refractivity contribution is 5.37. The molecular formula is C16H24N2O. The van der Waals surface area contributed by atoms with Crippen molar-refractivity contribution in [2.45, 2.75) is 37.8 Å². The van der Waals surface area contributed by atoms with Crippen LogP contribution in [0.2, 0.25) is 0 Å². The SMILES string of the molecule is NC1CC(NCC2CCCC2CO)c2ccccc21. The Morgan fingerprint density at radius 3 is 2.68 bits per heavy atom. The van der Waals surface area contributed by atoms with Crippen molar-refractivity contribution >= 4 is 0 Å². The Morgan fingerprint density at radius 1 is 1.16 bits per heavy atom. The molecule has 3 rings (SSSR count). The molecule has 1 aromatic carbocycles. The molecule has 104 valence electrons. The fourth-order valence-electron chi connectivity index (χ4n) is 3.78. The number of rotatable bonds is 4. The van der Waals surface area contributed by atoms with E-state index in [1.807, 2.05) is 0 Å². The maximum Gasteiger partial charge on any atom is 0.0462 e. The minimum atomic E-state index is 0.172. The minimum absolute atomic E-state index is 0.172. The molecule has 3 nitrogen and oxygen atoms in total. The van der Waals surface area contributed by atoms with Crippen molar-refractivity contribution in [3.8, 4) is 0 Å². The zero-order chi connectivity index (χ0) is 13.2. The standard InChI is InChI=1S/C16H24N2O/c17-15-8-16(14-7-2-1-6-13(14)15)18-9-11-4-3-5-12(11)10-19/h1-2,6-7,11-12,15-16,18-19H,3-5,8-10,17H2. The maximum atomic E-state index is 9.38. The molecule has 1 saturated carbocycles. The Morgan fingerprint density at radius 2 is 1.89 bits per heavy atom. The number of nitrogens with two attached hydrogens (primary N) is 1. The molecule has 19 heavy (non-hydrogen) atoms. The van der Waals surface area contributed by atoms with Crippen LogP contribution in [0, 0.1) is 11.8 Å². The Kier molecular flexibility index (Phi) is 3.87. The van der Waals surface area contributed by atoms with Crippen LogP contribution in [0.25, 0.3) is 0 Å². The first-order chi connectivity index (χ1) is 9.29. The summed E-state index contributed by atoms with van der Waals surface area (Å²) in [5.41, 5.74) is 8.86. The second-order valence-corrected chi connectivity index (χ2v) is 6.07. The number of nitrogens with one attached hydrogen (secondary N) is 1. The molecule has 2 aliphatic rings. The van der Waals surface area contributed by atoms with Gasteiger partial charge in [0.05, 0.1) is 0 Å². The van der Waals surface area contributed by atoms with Crippen LogP contribution in [0.1, 0.15) is 48.9 Å². The summed E-state index contributed by atoms with van der Waals surface area (Å²) >= 11 is 0. The highest BCUT2D eigenvalue weighted by atomic mass is 16.3. The summed E-state index contributed by atoms with van der Waals surface area (Å²) in [4.78, 5) is 0. The molecule has 4 atom stereocenters. The van der Waals surface area contributed by atoms with Gasteiger partial charge in [0, 0.05) is 18.7 Å². The van der Waals surface area contributed by atoms with Crippen LogP contribution in [0.5, 0.6) is 0 Å². The van der Waals surface area contributed by atoms with Gasteiger partial charge in [-0.2, -0.15) is 0 Å². The van der Waals surface area contributed by atoms with Crippen LogP contribution in [-0.2, 0) is 0 Å². The van der Waals surface area contributed by atoms with Crippen LogP contribution >= 0.6 is 0 Å². The highest BCUT2D eigenvalue weighted by Gasteiger charge is 2.31. The van der Waals surface area contributed by atoms with Gasteiger partial charge in [-0.05, 0) is 48.8 Å². The van der Waals surface area contributed by atoms with Gasteiger partial charge in [-0.1, -0.05) is 30.7 Å². The maximum absolute atomic E-state index is 9.38. The van der Waals surface area contributed by atoms with E-state index in [1.54, 1.807) is 0 Å². The van der Waals surface area contributed by atoms with Gasteiger partial charge in [0.2, 0.25) is 0 Å². The van der Waals surface area contributed by atoms with Gasteiger partial charge in [-0.25, -0.2) is 0 Å². The molecule has 0 spiro atoms. The van der Waals surface area contributed by atoms with Gasteiger partial charge in [-0.3, -0.25) is 0 Å². The zero-order valence-corrected chi connectivity index (χ0v) is 11.4. The monoisotopic (exact) mass is 260 g/mol. The quantitative estimate of drug-likeness (QED) is 0.777. The smallest absolute Gasteiger partial charge is 0.0462 e. The van der Waals surface area contributed by atoms with Gasteiger partial charge >= 0.3 is 0 Å². The number of hydrogen-bond acceptors (Lipinski definition) is 3. The molecule has 0 amide bonds. The predicted octanol–water partition coefficient (Wildman–Crippen LogP) is 2.13. The largest absolute Gasteiger partial charge is 0.396 e. The number of fused-ring (bicyclic) bond motifs is 1. The molecule has 0 aromatic heterocycles. The lowest BCUT2D eigenvalue weighted by atomic mass is 9.96. The molecule has 0 radical (unpaired) electrons. The first kappa shape index (κ1) is 13.1. The van der Waals surface area contributed by atoms with Gasteiger partial charge < -0.3 is 16.2 Å². The topological polar surface area (TPSA) is 58.3 Å². The number of aliphatic hydroxyl groups excluding tert-OH is 1. The molecule has 2 aliphatic carbocycles. The second kappa shape index (κ2) is 5.61. The second-order valence-electron chi connectivity index (χ2n) is 6.07. The summed E-state index contributed by atoms with van der Waals surface area (Å²) in [7, 11) is 0. The van der Waals surface area contributed by atoms with Crippen LogP contribution in [0.4, 0.5) is 0 Å². The Bertz CT molecular complexity index is 435. The van der Waals surface area contributed by atoms with Crippen molar-refractivity contribution < 1.29 is 5.11 Å². The summed E-state index contributed by atoms with van der Waals surface area (Å²) in [6.07, 6.45) is 4.69. The van der Waals surface area contributed by atoms with Crippen LogP contribution in [0.15, 0.2) is 24.3 Å². The summed E-state index contributed by atoms with van der Waals surface area (Å²) in [5.74, 6) is 1.13. The van der Waals surface area contributed by atoms with E-state index in [1.165, 1.54) is 30.4 Å². The van der Waals surface area contributed by atoms with E-state index in [0.29, 0.717) is 24.5 Å². The molecule has 0 aliphatic heterocycles. The number of benzene rings is 1. The van der Waals surface area contributed by atoms with Crippen molar-refractivity contribution in [1.82, 2.24) is 5.32 Å². The fraction of sp³-hybridized carbons (Fsp3) is 0.625. The van der Waals surface area contributed by atoms with Crippen molar-refractivity contribution in [2.24, 2.45) is 17.6 Å². The van der Waals surface area contributed by atoms with Crippen LogP contribution < -0.4 is 11.1 Å². The first-order valence-corrected chi connectivity index (χ1v) is 7.48. The third kappa shape index (κ3) is 2.55. The molecule has 4 unspecified atom stereocenters. The van der Waals surface area contributed by atoms with E-state index >= 15 is 0 Å². The van der Waals surface area contributed by atoms with Crippen LogP contribution in [0.3, 0.4) is 0 Å². The lowest BCUT2D eigenvalue weighted by Gasteiger charge is -2.21. The number of hydrogen-bond donors (Lipinski definition) is 3. The van der Waals surface area contributed by atoms with E-state index in [2.05, 4.69) is 29.6 Å².